The molecule has 40 heavy (non-hydrogen) atoms. The second kappa shape index (κ2) is 16.0. The molecule has 0 saturated heterocycles. The second-order valence-electron chi connectivity index (χ2n) is 10.6. The summed E-state index contributed by atoms with van der Waals surface area (Å²) in [6.45, 7) is 6.19. The average Bonchev–Trinajstić information content (AvgIpc) is 2.95. The summed E-state index contributed by atoms with van der Waals surface area (Å²) in [5, 5.41) is 1.57. The van der Waals surface area contributed by atoms with Crippen LogP contribution in [0.2, 0.25) is 0 Å². The summed E-state index contributed by atoms with van der Waals surface area (Å²) in [7, 11) is 0. The van der Waals surface area contributed by atoms with Crippen molar-refractivity contribution in [3.8, 4) is 17.2 Å². The Balaban J connectivity index is 1.49. The zero-order valence-electron chi connectivity index (χ0n) is 24.2. The normalized spacial score (nSPS) is 12.6. The molecule has 1 unspecified atom stereocenters. The Morgan fingerprint density at radius 2 is 1.20 bits per heavy atom. The molecule has 0 aliphatic rings. The maximum Gasteiger partial charge on any atom is 0.348 e. The zero-order valence-corrected chi connectivity index (χ0v) is 24.2. The minimum Gasteiger partial charge on any atom is -0.494 e. The van der Waals surface area contributed by atoms with Gasteiger partial charge >= 0.3 is 11.9 Å². The van der Waals surface area contributed by atoms with Gasteiger partial charge in [0.15, 0.2) is 0 Å². The molecule has 0 bridgehead atoms. The maximum absolute atomic E-state index is 14.7. The molecule has 0 radical (unpaired) electrons. The molecule has 0 fully saturated rings. The van der Waals surface area contributed by atoms with Gasteiger partial charge in [0, 0.05) is 0 Å². The molecule has 3 aromatic rings. The average molecular weight is 551 g/mol. The number of benzene rings is 3. The molecule has 5 nitrogen and oxygen atoms in total. The predicted molar refractivity (Wildman–Crippen MR) is 158 cm³/mol. The van der Waals surface area contributed by atoms with Gasteiger partial charge in [-0.3, -0.25) is 0 Å². The monoisotopic (exact) mass is 550 g/mol. The fourth-order valence-electron chi connectivity index (χ4n) is 4.45. The van der Waals surface area contributed by atoms with Gasteiger partial charge in [-0.2, -0.15) is 0 Å². The van der Waals surface area contributed by atoms with Crippen LogP contribution in [0.3, 0.4) is 0 Å². The highest BCUT2D eigenvalue weighted by atomic mass is 19.1. The molecule has 6 heteroatoms. The van der Waals surface area contributed by atoms with E-state index in [-0.39, 0.29) is 12.2 Å². The molecule has 0 spiro atoms. The Kier molecular flexibility index (Phi) is 12.4. The van der Waals surface area contributed by atoms with Gasteiger partial charge in [-0.25, -0.2) is 14.0 Å². The molecule has 0 aliphatic heterocycles. The minimum atomic E-state index is -2.03. The number of hydrogen-bond acceptors (Lipinski definition) is 5. The number of carbonyl (C=O) groups is 2. The molecule has 3 aromatic carbocycles. The lowest BCUT2D eigenvalue weighted by molar-refractivity contribution is -0.147. The summed E-state index contributed by atoms with van der Waals surface area (Å²) in [6, 6.07) is 17.2. The lowest BCUT2D eigenvalue weighted by atomic mass is 10.0. The number of alkyl halides is 1. The SMILES string of the molecule is CCCCCCCCCOc1ccc(C(=O)Oc2ccc3cc(OC(=O)C(C)(F)CCCCC)ccc3c2)cc1. The third-order valence-corrected chi connectivity index (χ3v) is 6.99. The third kappa shape index (κ3) is 9.96. The van der Waals surface area contributed by atoms with E-state index in [1.807, 2.05) is 6.92 Å². The van der Waals surface area contributed by atoms with Crippen molar-refractivity contribution in [1.82, 2.24) is 0 Å². The number of halogens is 1. The number of ether oxygens (including phenoxy) is 3. The summed E-state index contributed by atoms with van der Waals surface area (Å²) in [5.41, 5.74) is -1.60. The predicted octanol–water partition coefficient (Wildman–Crippen LogP) is 9.40. The van der Waals surface area contributed by atoms with Gasteiger partial charge in [0.2, 0.25) is 5.67 Å². The fraction of sp³-hybridized carbons (Fsp3) is 0.471. The van der Waals surface area contributed by atoms with Crippen LogP contribution in [0, 0.1) is 0 Å². The van der Waals surface area contributed by atoms with Crippen LogP contribution in [-0.2, 0) is 4.79 Å². The molecule has 0 amide bonds. The number of unbranched alkanes of at least 4 members (excludes halogenated alkanes) is 8. The Bertz CT molecular complexity index is 1220. The molecule has 0 aliphatic carbocycles. The first-order valence-electron chi connectivity index (χ1n) is 14.7. The van der Waals surface area contributed by atoms with Crippen LogP contribution >= 0.6 is 0 Å². The molecular weight excluding hydrogens is 507 g/mol. The van der Waals surface area contributed by atoms with Crippen LogP contribution in [0.4, 0.5) is 4.39 Å². The summed E-state index contributed by atoms with van der Waals surface area (Å²) in [4.78, 5) is 25.0. The summed E-state index contributed by atoms with van der Waals surface area (Å²) in [6.07, 6.45) is 11.2. The van der Waals surface area contributed by atoms with Crippen LogP contribution in [-0.4, -0.2) is 24.2 Å². The molecule has 0 aromatic heterocycles. The van der Waals surface area contributed by atoms with Gasteiger partial charge in [-0.15, -0.1) is 0 Å². The van der Waals surface area contributed by atoms with Crippen LogP contribution in [0.15, 0.2) is 60.7 Å². The number of carbonyl (C=O) groups excluding carboxylic acids is 2. The Morgan fingerprint density at radius 3 is 1.82 bits per heavy atom. The third-order valence-electron chi connectivity index (χ3n) is 6.99. The first-order chi connectivity index (χ1) is 19.3. The van der Waals surface area contributed by atoms with Gasteiger partial charge in [0.05, 0.1) is 12.2 Å². The summed E-state index contributed by atoms with van der Waals surface area (Å²) < 4.78 is 31.4. The van der Waals surface area contributed by atoms with Crippen molar-refractivity contribution < 1.29 is 28.2 Å². The number of esters is 2. The van der Waals surface area contributed by atoms with Gasteiger partial charge in [0.1, 0.15) is 17.2 Å². The number of fused-ring (bicyclic) bond motifs is 1. The van der Waals surface area contributed by atoms with Gasteiger partial charge in [0.25, 0.3) is 0 Å². The summed E-state index contributed by atoms with van der Waals surface area (Å²) in [5.74, 6) is 0.0556. The molecule has 216 valence electrons. The van der Waals surface area contributed by atoms with Gasteiger partial charge in [-0.1, -0.05) is 77.3 Å². The highest BCUT2D eigenvalue weighted by Gasteiger charge is 2.34. The standard InChI is InChI=1S/C34H43FO5/c1-4-6-8-9-10-11-13-23-38-29-18-14-26(15-19-29)32(36)39-30-20-16-28-25-31(21-17-27(28)24-30)40-33(37)34(3,35)22-12-7-5-2/h14-21,24-25H,4-13,22-23H2,1-3H3. The van der Waals surface area contributed by atoms with Crippen molar-refractivity contribution in [2.45, 2.75) is 97.1 Å². The van der Waals surface area contributed by atoms with E-state index in [2.05, 4.69) is 6.92 Å². The molecule has 1 atom stereocenters. The van der Waals surface area contributed by atoms with E-state index in [0.29, 0.717) is 24.3 Å². The zero-order chi connectivity index (χ0) is 28.8. The Labute approximate surface area is 238 Å². The topological polar surface area (TPSA) is 61.8 Å². The van der Waals surface area contributed by atoms with Crippen molar-refractivity contribution in [2.75, 3.05) is 6.61 Å². The fourth-order valence-corrected chi connectivity index (χ4v) is 4.45. The van der Waals surface area contributed by atoms with Crippen molar-refractivity contribution in [3.63, 3.8) is 0 Å². The molecular formula is C34H43FO5. The Hall–Kier alpha value is -3.41. The van der Waals surface area contributed by atoms with Crippen molar-refractivity contribution in [3.05, 3.63) is 66.2 Å². The highest BCUT2D eigenvalue weighted by molar-refractivity contribution is 5.92. The quantitative estimate of drug-likeness (QED) is 0.0952. The molecule has 0 N–H and O–H groups in total. The van der Waals surface area contributed by atoms with Crippen LogP contribution in [0.5, 0.6) is 17.2 Å². The minimum absolute atomic E-state index is 0.136. The van der Waals surface area contributed by atoms with Crippen molar-refractivity contribution in [1.29, 1.82) is 0 Å². The Morgan fingerprint density at radius 1 is 0.675 bits per heavy atom. The smallest absolute Gasteiger partial charge is 0.348 e. The molecule has 0 saturated carbocycles. The summed E-state index contributed by atoms with van der Waals surface area (Å²) >= 11 is 0. The van der Waals surface area contributed by atoms with Crippen LogP contribution in [0.25, 0.3) is 10.8 Å². The molecule has 3 rings (SSSR count). The van der Waals surface area contributed by atoms with E-state index in [4.69, 9.17) is 14.2 Å². The largest absolute Gasteiger partial charge is 0.494 e. The van der Waals surface area contributed by atoms with Gasteiger partial charge < -0.3 is 14.2 Å². The van der Waals surface area contributed by atoms with E-state index in [0.717, 1.165) is 35.8 Å². The number of hydrogen-bond donors (Lipinski definition) is 0. The lowest BCUT2D eigenvalue weighted by Crippen LogP contribution is -2.34. The lowest BCUT2D eigenvalue weighted by Gasteiger charge is -2.18. The van der Waals surface area contributed by atoms with E-state index in [1.54, 1.807) is 60.7 Å². The van der Waals surface area contributed by atoms with Crippen molar-refractivity contribution >= 4 is 22.7 Å². The maximum atomic E-state index is 14.7. The van der Waals surface area contributed by atoms with Gasteiger partial charge in [-0.05, 0) is 85.5 Å². The van der Waals surface area contributed by atoms with E-state index in [9.17, 15) is 14.0 Å². The first-order valence-corrected chi connectivity index (χ1v) is 14.7. The van der Waals surface area contributed by atoms with Crippen molar-refractivity contribution in [2.24, 2.45) is 0 Å². The van der Waals surface area contributed by atoms with E-state index < -0.39 is 17.6 Å². The van der Waals surface area contributed by atoms with Crippen LogP contribution in [0.1, 0.15) is 102 Å². The number of rotatable bonds is 17. The second-order valence-corrected chi connectivity index (χ2v) is 10.6. The van der Waals surface area contributed by atoms with Crippen LogP contribution < -0.4 is 14.2 Å². The first kappa shape index (κ1) is 31.1. The highest BCUT2D eigenvalue weighted by Crippen LogP contribution is 2.28. The van der Waals surface area contributed by atoms with E-state index in [1.165, 1.54) is 45.4 Å². The molecule has 0 heterocycles. The van der Waals surface area contributed by atoms with E-state index >= 15 is 0 Å².